The van der Waals surface area contributed by atoms with E-state index in [-0.39, 0.29) is 5.82 Å². The number of aromatic nitrogens is 4. The first-order chi connectivity index (χ1) is 8.13. The summed E-state index contributed by atoms with van der Waals surface area (Å²) < 4.78 is 5.85. The summed E-state index contributed by atoms with van der Waals surface area (Å²) in [6, 6.07) is 1.79. The molecule has 0 amide bonds. The predicted molar refractivity (Wildman–Crippen MR) is 59.6 cm³/mol. The summed E-state index contributed by atoms with van der Waals surface area (Å²) in [5.74, 6) is -0.196. The third kappa shape index (κ3) is 1.94. The van der Waals surface area contributed by atoms with Gasteiger partial charge in [-0.1, -0.05) is 0 Å². The third-order valence-corrected chi connectivity index (χ3v) is 2.26. The zero-order chi connectivity index (χ0) is 12.4. The fourth-order valence-corrected chi connectivity index (χ4v) is 1.29. The molecule has 0 unspecified atom stereocenters. The van der Waals surface area contributed by atoms with E-state index in [2.05, 4.69) is 19.8 Å². The van der Waals surface area contributed by atoms with Gasteiger partial charge in [-0.3, -0.25) is 0 Å². The van der Waals surface area contributed by atoms with Crippen LogP contribution in [-0.4, -0.2) is 32.8 Å². The first-order valence-corrected chi connectivity index (χ1v) is 4.85. The van der Waals surface area contributed by atoms with Crippen molar-refractivity contribution in [2.45, 2.75) is 6.92 Å². The van der Waals surface area contributed by atoms with Gasteiger partial charge in [-0.2, -0.15) is 4.68 Å². The fourth-order valence-electron chi connectivity index (χ4n) is 1.29. The van der Waals surface area contributed by atoms with Crippen molar-refractivity contribution in [1.82, 2.24) is 19.7 Å². The number of carbonyl (C=O) groups excluding carboxylic acids is 1. The largest absolute Gasteiger partial charge is 0.463 e. The normalized spacial score (nSPS) is 10.2. The van der Waals surface area contributed by atoms with Gasteiger partial charge in [0, 0.05) is 6.20 Å². The van der Waals surface area contributed by atoms with Crippen molar-refractivity contribution >= 4 is 11.7 Å². The minimum absolute atomic E-state index is 0.0322. The van der Waals surface area contributed by atoms with Crippen LogP contribution in [0, 0.1) is 6.92 Å². The van der Waals surface area contributed by atoms with Crippen molar-refractivity contribution in [1.29, 1.82) is 0 Å². The fraction of sp³-hybridized carbons (Fsp3) is 0.200. The Kier molecular flexibility index (Phi) is 2.73. The van der Waals surface area contributed by atoms with E-state index in [1.807, 2.05) is 6.92 Å². The molecule has 2 N–H and O–H groups in total. The van der Waals surface area contributed by atoms with Crippen LogP contribution in [0.1, 0.15) is 16.2 Å². The van der Waals surface area contributed by atoms with E-state index in [9.17, 15) is 4.79 Å². The lowest BCUT2D eigenvalue weighted by molar-refractivity contribution is 0.0587. The van der Waals surface area contributed by atoms with Crippen LogP contribution >= 0.6 is 0 Å². The SMILES string of the molecule is COC(=O)c1ncn(-c2nccc(C)c2N)n1. The zero-order valence-corrected chi connectivity index (χ0v) is 9.41. The lowest BCUT2D eigenvalue weighted by Gasteiger charge is -2.05. The highest BCUT2D eigenvalue weighted by Crippen LogP contribution is 2.16. The van der Waals surface area contributed by atoms with Crippen molar-refractivity contribution in [3.05, 3.63) is 30.0 Å². The molecule has 88 valence electrons. The molecule has 0 saturated carbocycles. The predicted octanol–water partition coefficient (Wildman–Crippen LogP) is 0.340. The molecule has 0 bridgehead atoms. The molecule has 17 heavy (non-hydrogen) atoms. The minimum Gasteiger partial charge on any atom is -0.463 e. The number of esters is 1. The van der Waals surface area contributed by atoms with E-state index in [1.165, 1.54) is 18.1 Å². The molecular formula is C10H11N5O2. The molecule has 0 radical (unpaired) electrons. The van der Waals surface area contributed by atoms with Gasteiger partial charge < -0.3 is 10.5 Å². The van der Waals surface area contributed by atoms with E-state index in [1.54, 1.807) is 12.3 Å². The smallest absolute Gasteiger partial charge is 0.377 e. The van der Waals surface area contributed by atoms with E-state index < -0.39 is 5.97 Å². The number of methoxy groups -OCH3 is 1. The highest BCUT2D eigenvalue weighted by atomic mass is 16.5. The van der Waals surface area contributed by atoms with Crippen LogP contribution in [0.2, 0.25) is 0 Å². The van der Waals surface area contributed by atoms with Crippen molar-refractivity contribution < 1.29 is 9.53 Å². The van der Waals surface area contributed by atoms with Crippen LogP contribution in [0.25, 0.3) is 5.82 Å². The van der Waals surface area contributed by atoms with Gasteiger partial charge in [0.15, 0.2) is 5.82 Å². The second-order valence-corrected chi connectivity index (χ2v) is 3.37. The van der Waals surface area contributed by atoms with Gasteiger partial charge in [-0.25, -0.2) is 14.8 Å². The number of nitrogen functional groups attached to an aromatic ring is 1. The first-order valence-electron chi connectivity index (χ1n) is 4.85. The Hall–Kier alpha value is -2.44. The second kappa shape index (κ2) is 4.20. The molecule has 0 aliphatic carbocycles. The Labute approximate surface area is 97.2 Å². The molecular weight excluding hydrogens is 222 g/mol. The maximum atomic E-state index is 11.2. The van der Waals surface area contributed by atoms with Gasteiger partial charge in [0.1, 0.15) is 6.33 Å². The number of hydrogen-bond donors (Lipinski definition) is 1. The number of ether oxygens (including phenoxy) is 1. The number of anilines is 1. The Morgan fingerprint density at radius 2 is 2.24 bits per heavy atom. The van der Waals surface area contributed by atoms with Crippen LogP contribution in [0.5, 0.6) is 0 Å². The van der Waals surface area contributed by atoms with Gasteiger partial charge in [-0.05, 0) is 18.6 Å². The molecule has 2 heterocycles. The van der Waals surface area contributed by atoms with E-state index >= 15 is 0 Å². The average Bonchev–Trinajstić information content (AvgIpc) is 2.81. The number of hydrogen-bond acceptors (Lipinski definition) is 6. The summed E-state index contributed by atoms with van der Waals surface area (Å²) in [5, 5.41) is 3.94. The Morgan fingerprint density at radius 1 is 1.47 bits per heavy atom. The van der Waals surface area contributed by atoms with Gasteiger partial charge in [0.25, 0.3) is 5.82 Å². The number of carbonyl (C=O) groups is 1. The van der Waals surface area contributed by atoms with Crippen LogP contribution in [0.4, 0.5) is 5.69 Å². The second-order valence-electron chi connectivity index (χ2n) is 3.37. The third-order valence-electron chi connectivity index (χ3n) is 2.26. The lowest BCUT2D eigenvalue weighted by Crippen LogP contribution is -2.07. The van der Waals surface area contributed by atoms with Gasteiger partial charge in [0.05, 0.1) is 12.8 Å². The molecule has 7 heteroatoms. The van der Waals surface area contributed by atoms with Gasteiger partial charge in [0.2, 0.25) is 0 Å². The number of aryl methyl sites for hydroxylation is 1. The highest BCUT2D eigenvalue weighted by molar-refractivity contribution is 5.84. The molecule has 0 atom stereocenters. The number of pyridine rings is 1. The van der Waals surface area contributed by atoms with Crippen molar-refractivity contribution in [3.63, 3.8) is 0 Å². The molecule has 0 saturated heterocycles. The maximum absolute atomic E-state index is 11.2. The molecule has 2 rings (SSSR count). The average molecular weight is 233 g/mol. The van der Waals surface area contributed by atoms with Crippen LogP contribution < -0.4 is 5.73 Å². The van der Waals surface area contributed by atoms with E-state index in [0.29, 0.717) is 11.5 Å². The maximum Gasteiger partial charge on any atom is 0.377 e. The van der Waals surface area contributed by atoms with E-state index in [4.69, 9.17) is 5.73 Å². The molecule has 2 aromatic heterocycles. The Bertz CT molecular complexity index is 564. The lowest BCUT2D eigenvalue weighted by atomic mass is 10.2. The molecule has 2 aromatic rings. The summed E-state index contributed by atoms with van der Waals surface area (Å²) in [4.78, 5) is 19.1. The summed E-state index contributed by atoms with van der Waals surface area (Å²) in [6.45, 7) is 1.86. The van der Waals surface area contributed by atoms with Crippen LogP contribution in [-0.2, 0) is 4.74 Å². The molecule has 0 aliphatic heterocycles. The number of nitrogens with two attached hydrogens (primary N) is 1. The summed E-state index contributed by atoms with van der Waals surface area (Å²) in [7, 11) is 1.27. The zero-order valence-electron chi connectivity index (χ0n) is 9.41. The minimum atomic E-state index is -0.602. The van der Waals surface area contributed by atoms with Crippen molar-refractivity contribution in [2.24, 2.45) is 0 Å². The standard InChI is InChI=1S/C10H11N5O2/c1-6-3-4-12-9(7(6)11)15-5-13-8(14-15)10(16)17-2/h3-5H,11H2,1-2H3. The molecule has 7 nitrogen and oxygen atoms in total. The molecule has 0 aliphatic rings. The number of rotatable bonds is 2. The first kappa shape index (κ1) is 11.1. The molecule has 0 aromatic carbocycles. The van der Waals surface area contributed by atoms with Crippen molar-refractivity contribution in [2.75, 3.05) is 12.8 Å². The number of nitrogens with zero attached hydrogens (tertiary/aromatic N) is 4. The molecule has 0 fully saturated rings. The van der Waals surface area contributed by atoms with Gasteiger partial charge in [-0.15, -0.1) is 5.10 Å². The van der Waals surface area contributed by atoms with Crippen molar-refractivity contribution in [3.8, 4) is 5.82 Å². The summed E-state index contributed by atoms with van der Waals surface area (Å²) >= 11 is 0. The quantitative estimate of drug-likeness (QED) is 0.751. The Morgan fingerprint density at radius 3 is 2.94 bits per heavy atom. The monoisotopic (exact) mass is 233 g/mol. The van der Waals surface area contributed by atoms with Crippen LogP contribution in [0.3, 0.4) is 0 Å². The Balaban J connectivity index is 2.44. The molecule has 0 spiro atoms. The van der Waals surface area contributed by atoms with Crippen LogP contribution in [0.15, 0.2) is 18.6 Å². The van der Waals surface area contributed by atoms with E-state index in [0.717, 1.165) is 5.56 Å². The van der Waals surface area contributed by atoms with Gasteiger partial charge >= 0.3 is 5.97 Å². The topological polar surface area (TPSA) is 95.9 Å². The summed E-state index contributed by atoms with van der Waals surface area (Å²) in [5.41, 5.74) is 7.24. The summed E-state index contributed by atoms with van der Waals surface area (Å²) in [6.07, 6.45) is 2.98. The highest BCUT2D eigenvalue weighted by Gasteiger charge is 2.14.